The molecule has 3 rings (SSSR count). The first-order chi connectivity index (χ1) is 16.5. The molecule has 0 aliphatic rings. The summed E-state index contributed by atoms with van der Waals surface area (Å²) in [4.78, 5) is 42.0. The van der Waals surface area contributed by atoms with Crippen molar-refractivity contribution < 1.29 is 18.8 Å². The highest BCUT2D eigenvalue weighted by Gasteiger charge is 2.38. The Labute approximate surface area is 210 Å². The first-order valence-corrected chi connectivity index (χ1v) is 12.5. The molecule has 2 N–H and O–H groups in total. The molecule has 2 aromatic heterocycles. The van der Waals surface area contributed by atoms with Crippen LogP contribution in [0.2, 0.25) is 0 Å². The second-order valence-electron chi connectivity index (χ2n) is 9.32. The summed E-state index contributed by atoms with van der Waals surface area (Å²) in [7, 11) is 0. The van der Waals surface area contributed by atoms with E-state index in [1.54, 1.807) is 29.6 Å². The lowest BCUT2D eigenvalue weighted by Crippen LogP contribution is -2.52. The second kappa shape index (κ2) is 10.9. The molecule has 0 aliphatic carbocycles. The van der Waals surface area contributed by atoms with Crippen LogP contribution in [0.3, 0.4) is 0 Å². The van der Waals surface area contributed by atoms with Crippen LogP contribution in [-0.2, 0) is 9.59 Å². The molecule has 3 aromatic rings. The van der Waals surface area contributed by atoms with Crippen molar-refractivity contribution in [1.29, 1.82) is 0 Å². The lowest BCUT2D eigenvalue weighted by Gasteiger charge is -2.35. The van der Waals surface area contributed by atoms with Crippen LogP contribution in [0.15, 0.2) is 52.5 Å². The number of hydrogen-bond acceptors (Lipinski definition) is 5. The maximum atomic E-state index is 13.8. The van der Waals surface area contributed by atoms with Crippen molar-refractivity contribution in [3.05, 3.63) is 75.4 Å². The van der Waals surface area contributed by atoms with Gasteiger partial charge in [0.2, 0.25) is 5.91 Å². The van der Waals surface area contributed by atoms with Crippen molar-refractivity contribution in [3.63, 3.8) is 0 Å². The van der Waals surface area contributed by atoms with Gasteiger partial charge >= 0.3 is 0 Å². The molecule has 186 valence electrons. The van der Waals surface area contributed by atoms with E-state index in [-0.39, 0.29) is 18.4 Å². The second-order valence-corrected chi connectivity index (χ2v) is 10.3. The average molecular weight is 496 g/mol. The van der Waals surface area contributed by atoms with E-state index in [1.165, 1.54) is 22.5 Å². The Balaban J connectivity index is 2.06. The molecule has 0 spiro atoms. The lowest BCUT2D eigenvalue weighted by atomic mass is 9.98. The number of nitrogens with zero attached hydrogens (tertiary/aromatic N) is 1. The van der Waals surface area contributed by atoms with Crippen LogP contribution < -0.4 is 15.5 Å². The van der Waals surface area contributed by atoms with Gasteiger partial charge in [-0.25, -0.2) is 0 Å². The first-order valence-electron chi connectivity index (χ1n) is 11.6. The normalized spacial score (nSPS) is 12.2. The predicted octanol–water partition coefficient (Wildman–Crippen LogP) is 5.08. The molecule has 0 bridgehead atoms. The number of aryl methyl sites for hydroxylation is 3. The van der Waals surface area contributed by atoms with Crippen molar-refractivity contribution >= 4 is 34.7 Å². The molecule has 0 saturated heterocycles. The number of carbonyl (C=O) groups excluding carboxylic acids is 3. The number of thiophene rings is 1. The SMILES string of the molecule is CCC(C)(C)NC(=O)C(c1ccco1)N(C(=O)CNC(=O)c1cccs1)c1c(C)cc(C)cc1C. The number of amides is 3. The third-order valence-electron chi connectivity index (χ3n) is 5.95. The molecule has 0 radical (unpaired) electrons. The number of benzene rings is 1. The summed E-state index contributed by atoms with van der Waals surface area (Å²) in [5.74, 6) is -0.775. The van der Waals surface area contributed by atoms with E-state index in [9.17, 15) is 14.4 Å². The first kappa shape index (κ1) is 26.2. The third-order valence-corrected chi connectivity index (χ3v) is 6.82. The Morgan fingerprint density at radius 1 is 1.09 bits per heavy atom. The summed E-state index contributed by atoms with van der Waals surface area (Å²) >= 11 is 1.30. The van der Waals surface area contributed by atoms with Gasteiger partial charge in [-0.15, -0.1) is 11.3 Å². The zero-order valence-corrected chi connectivity index (χ0v) is 21.9. The summed E-state index contributed by atoms with van der Waals surface area (Å²) in [6, 6.07) is 9.74. The molecule has 2 heterocycles. The highest BCUT2D eigenvalue weighted by Crippen LogP contribution is 2.34. The summed E-state index contributed by atoms with van der Waals surface area (Å²) in [6.45, 7) is 11.4. The maximum Gasteiger partial charge on any atom is 0.261 e. The standard InChI is InChI=1S/C27H33N3O4S/c1-7-27(5,6)29-26(33)24(20-10-8-12-34-20)30(23-18(3)14-17(2)15-19(23)4)22(31)16-28-25(32)21-11-9-13-35-21/h8-15,24H,7,16H2,1-6H3,(H,28,32)(H,29,33). The van der Waals surface area contributed by atoms with E-state index >= 15 is 0 Å². The van der Waals surface area contributed by atoms with E-state index < -0.39 is 17.5 Å². The molecule has 7 nitrogen and oxygen atoms in total. The molecule has 0 fully saturated rings. The van der Waals surface area contributed by atoms with E-state index in [0.717, 1.165) is 16.7 Å². The van der Waals surface area contributed by atoms with Crippen LogP contribution in [0.4, 0.5) is 5.69 Å². The quantitative estimate of drug-likeness (QED) is 0.433. The Bertz CT molecular complexity index is 1160. The van der Waals surface area contributed by atoms with Gasteiger partial charge in [-0.3, -0.25) is 19.3 Å². The van der Waals surface area contributed by atoms with Crippen molar-refractivity contribution in [2.45, 2.75) is 59.5 Å². The largest absolute Gasteiger partial charge is 0.467 e. The van der Waals surface area contributed by atoms with Crippen LogP contribution in [-0.4, -0.2) is 29.8 Å². The minimum absolute atomic E-state index is 0.273. The topological polar surface area (TPSA) is 91.7 Å². The minimum Gasteiger partial charge on any atom is -0.467 e. The fraction of sp³-hybridized carbons (Fsp3) is 0.370. The molecule has 1 atom stereocenters. The van der Waals surface area contributed by atoms with Crippen molar-refractivity contribution in [2.24, 2.45) is 0 Å². The number of rotatable bonds is 9. The fourth-order valence-corrected chi connectivity index (χ4v) is 4.64. The van der Waals surface area contributed by atoms with Gasteiger partial charge < -0.3 is 15.1 Å². The zero-order chi connectivity index (χ0) is 25.8. The van der Waals surface area contributed by atoms with Gasteiger partial charge in [0.05, 0.1) is 23.4 Å². The fourth-order valence-electron chi connectivity index (χ4n) is 4.00. The molecule has 35 heavy (non-hydrogen) atoms. The third kappa shape index (κ3) is 6.19. The van der Waals surface area contributed by atoms with Crippen LogP contribution in [0, 0.1) is 20.8 Å². The van der Waals surface area contributed by atoms with Crippen LogP contribution in [0.25, 0.3) is 0 Å². The lowest BCUT2D eigenvalue weighted by molar-refractivity contribution is -0.128. The highest BCUT2D eigenvalue weighted by atomic mass is 32.1. The van der Waals surface area contributed by atoms with E-state index in [1.807, 2.05) is 53.7 Å². The van der Waals surface area contributed by atoms with E-state index in [0.29, 0.717) is 22.7 Å². The van der Waals surface area contributed by atoms with Gasteiger partial charge in [0.15, 0.2) is 6.04 Å². The Morgan fingerprint density at radius 3 is 2.31 bits per heavy atom. The molecule has 0 saturated carbocycles. The molecule has 3 amide bonds. The van der Waals surface area contributed by atoms with Crippen LogP contribution >= 0.6 is 11.3 Å². The summed E-state index contributed by atoms with van der Waals surface area (Å²) in [5, 5.41) is 7.56. The highest BCUT2D eigenvalue weighted by molar-refractivity contribution is 7.12. The summed E-state index contributed by atoms with van der Waals surface area (Å²) in [5.41, 5.74) is 2.88. The molecular formula is C27H33N3O4S. The van der Waals surface area contributed by atoms with Gasteiger partial charge in [-0.05, 0) is 75.7 Å². The average Bonchev–Trinajstić information content (AvgIpc) is 3.50. The molecule has 8 heteroatoms. The van der Waals surface area contributed by atoms with Crippen molar-refractivity contribution in [3.8, 4) is 0 Å². The van der Waals surface area contributed by atoms with Gasteiger partial charge in [-0.2, -0.15) is 0 Å². The number of anilines is 1. The van der Waals surface area contributed by atoms with Gasteiger partial charge in [-0.1, -0.05) is 30.7 Å². The van der Waals surface area contributed by atoms with E-state index in [4.69, 9.17) is 4.42 Å². The Kier molecular flexibility index (Phi) is 8.17. The number of nitrogens with one attached hydrogen (secondary N) is 2. The molecule has 1 aromatic carbocycles. The van der Waals surface area contributed by atoms with Crippen LogP contribution in [0.1, 0.15) is 65.4 Å². The van der Waals surface area contributed by atoms with Gasteiger partial charge in [0.25, 0.3) is 11.8 Å². The Hall–Kier alpha value is -3.39. The minimum atomic E-state index is -1.05. The molecular weight excluding hydrogens is 462 g/mol. The Morgan fingerprint density at radius 2 is 1.77 bits per heavy atom. The van der Waals surface area contributed by atoms with E-state index in [2.05, 4.69) is 10.6 Å². The zero-order valence-electron chi connectivity index (χ0n) is 21.1. The molecule has 1 unspecified atom stereocenters. The number of hydrogen-bond donors (Lipinski definition) is 2. The number of furan rings is 1. The molecule has 0 aliphatic heterocycles. The maximum absolute atomic E-state index is 13.8. The van der Waals surface area contributed by atoms with Crippen molar-refractivity contribution in [2.75, 3.05) is 11.4 Å². The summed E-state index contributed by atoms with van der Waals surface area (Å²) < 4.78 is 5.67. The smallest absolute Gasteiger partial charge is 0.261 e. The summed E-state index contributed by atoms with van der Waals surface area (Å²) in [6.07, 6.45) is 2.19. The van der Waals surface area contributed by atoms with Crippen molar-refractivity contribution in [1.82, 2.24) is 10.6 Å². The number of carbonyl (C=O) groups is 3. The monoisotopic (exact) mass is 495 g/mol. The van der Waals surface area contributed by atoms with Gasteiger partial charge in [0.1, 0.15) is 5.76 Å². The van der Waals surface area contributed by atoms with Gasteiger partial charge in [0, 0.05) is 5.54 Å². The van der Waals surface area contributed by atoms with Crippen LogP contribution in [0.5, 0.6) is 0 Å². The predicted molar refractivity (Wildman–Crippen MR) is 139 cm³/mol.